The average molecular weight is 606 g/mol. The maximum absolute atomic E-state index is 6.96. The third kappa shape index (κ3) is 4.12. The molecule has 0 amide bonds. The summed E-state index contributed by atoms with van der Waals surface area (Å²) in [5.74, 6) is 1.87. The second-order valence-corrected chi connectivity index (χ2v) is 13.2. The minimum atomic E-state index is 0.602. The van der Waals surface area contributed by atoms with Gasteiger partial charge in [-0.15, -0.1) is 22.7 Å². The minimum Gasteiger partial charge on any atom is -0.208 e. The first-order valence-electron chi connectivity index (χ1n) is 14.0. The van der Waals surface area contributed by atoms with Crippen LogP contribution in [0, 0.1) is 0 Å². The van der Waals surface area contributed by atoms with Crippen molar-refractivity contribution < 1.29 is 0 Å². The van der Waals surface area contributed by atoms with Crippen LogP contribution in [0.25, 0.3) is 85.3 Å². The van der Waals surface area contributed by atoms with Crippen molar-refractivity contribution in [1.29, 1.82) is 0 Å². The van der Waals surface area contributed by atoms with E-state index in [1.165, 1.54) is 35.6 Å². The maximum Gasteiger partial charge on any atom is 0.164 e. The highest BCUT2D eigenvalue weighted by Crippen LogP contribution is 2.41. The summed E-state index contributed by atoms with van der Waals surface area (Å²) in [5.41, 5.74) is 2.77. The van der Waals surface area contributed by atoms with Crippen LogP contribution in [-0.4, -0.2) is 15.0 Å². The highest BCUT2D eigenvalue weighted by molar-refractivity contribution is 7.26. The van der Waals surface area contributed by atoms with Crippen molar-refractivity contribution in [3.05, 3.63) is 126 Å². The summed E-state index contributed by atoms with van der Waals surface area (Å²) in [6.45, 7) is 0. The van der Waals surface area contributed by atoms with E-state index >= 15 is 0 Å². The molecule has 0 atom stereocenters. The molecule has 0 bridgehead atoms. The lowest BCUT2D eigenvalue weighted by atomic mass is 10.1. The number of fused-ring (bicyclic) bond motifs is 7. The molecule has 9 rings (SSSR count). The molecule has 0 N–H and O–H groups in total. The van der Waals surface area contributed by atoms with Crippen LogP contribution in [0.3, 0.4) is 0 Å². The Kier molecular flexibility index (Phi) is 5.60. The predicted octanol–water partition coefficient (Wildman–Crippen LogP) is 11.4. The predicted molar refractivity (Wildman–Crippen MR) is 184 cm³/mol. The fourth-order valence-electron chi connectivity index (χ4n) is 5.89. The van der Waals surface area contributed by atoms with Gasteiger partial charge in [0.25, 0.3) is 0 Å². The number of benzene rings is 6. The minimum absolute atomic E-state index is 0.602. The molecule has 0 radical (unpaired) electrons. The van der Waals surface area contributed by atoms with Crippen molar-refractivity contribution in [3.63, 3.8) is 0 Å². The van der Waals surface area contributed by atoms with E-state index in [1.807, 2.05) is 6.07 Å². The summed E-state index contributed by atoms with van der Waals surface area (Å²) in [4.78, 5) is 15.1. The SMILES string of the molecule is Clc1cc(-c2nc(-c3ccc4ccccc4c3)nc(-c3ccc4sc5ccccc5c4c3)n2)cc2sc3ccccc3c12. The lowest BCUT2D eigenvalue weighted by Crippen LogP contribution is -2.00. The molecule has 0 fully saturated rings. The van der Waals surface area contributed by atoms with Gasteiger partial charge >= 0.3 is 0 Å². The molecule has 6 aromatic carbocycles. The third-order valence-electron chi connectivity index (χ3n) is 7.97. The topological polar surface area (TPSA) is 38.7 Å². The largest absolute Gasteiger partial charge is 0.208 e. The molecule has 3 heterocycles. The molecule has 3 nitrogen and oxygen atoms in total. The molecule has 43 heavy (non-hydrogen) atoms. The van der Waals surface area contributed by atoms with Crippen LogP contribution >= 0.6 is 34.3 Å². The standard InChI is InChI=1S/C37H20ClN3S2/c38-29-19-25(20-33-34(29)27-10-4-6-12-31(27)43-33)37-40-35(23-14-13-21-7-1-2-8-22(21)17-23)39-36(41-37)24-15-16-32-28(18-24)26-9-3-5-11-30(26)42-32/h1-20H. The molecule has 202 valence electrons. The molecule has 0 aliphatic heterocycles. The van der Waals surface area contributed by atoms with E-state index in [4.69, 9.17) is 26.6 Å². The Morgan fingerprint density at radius 3 is 1.81 bits per heavy atom. The van der Waals surface area contributed by atoms with Gasteiger partial charge < -0.3 is 0 Å². The number of rotatable bonds is 3. The molecule has 0 saturated heterocycles. The van der Waals surface area contributed by atoms with Crippen molar-refractivity contribution in [3.8, 4) is 34.2 Å². The molecule has 0 unspecified atom stereocenters. The van der Waals surface area contributed by atoms with Gasteiger partial charge in [0, 0.05) is 57.0 Å². The fraction of sp³-hybridized carbons (Fsp3) is 0. The van der Waals surface area contributed by atoms with Crippen molar-refractivity contribution in [2.24, 2.45) is 0 Å². The molecule has 0 aliphatic rings. The summed E-state index contributed by atoms with van der Waals surface area (Å²) in [6, 6.07) is 42.3. The smallest absolute Gasteiger partial charge is 0.164 e. The van der Waals surface area contributed by atoms with Gasteiger partial charge in [-0.05, 0) is 59.3 Å². The van der Waals surface area contributed by atoms with E-state index in [2.05, 4.69) is 115 Å². The Bertz CT molecular complexity index is 2550. The number of hydrogen-bond acceptors (Lipinski definition) is 5. The van der Waals surface area contributed by atoms with Crippen molar-refractivity contribution in [2.75, 3.05) is 0 Å². The zero-order valence-electron chi connectivity index (χ0n) is 22.6. The van der Waals surface area contributed by atoms with Gasteiger partial charge in [-0.2, -0.15) is 0 Å². The number of hydrogen-bond donors (Lipinski definition) is 0. The van der Waals surface area contributed by atoms with E-state index in [9.17, 15) is 0 Å². The normalized spacial score (nSPS) is 11.8. The van der Waals surface area contributed by atoms with Crippen LogP contribution in [-0.2, 0) is 0 Å². The van der Waals surface area contributed by atoms with Crippen LogP contribution in [0.1, 0.15) is 0 Å². The average Bonchev–Trinajstić information content (AvgIpc) is 3.62. The van der Waals surface area contributed by atoms with E-state index in [0.29, 0.717) is 22.5 Å². The molecule has 9 aromatic rings. The van der Waals surface area contributed by atoms with Crippen LogP contribution < -0.4 is 0 Å². The molecule has 3 aromatic heterocycles. The Hall–Kier alpha value is -4.68. The summed E-state index contributed by atoms with van der Waals surface area (Å²) in [6.07, 6.45) is 0. The molecule has 0 aliphatic carbocycles. The fourth-order valence-corrected chi connectivity index (χ4v) is 8.52. The second-order valence-electron chi connectivity index (χ2n) is 10.6. The van der Waals surface area contributed by atoms with E-state index in [-0.39, 0.29) is 0 Å². The van der Waals surface area contributed by atoms with Gasteiger partial charge in [0.2, 0.25) is 0 Å². The van der Waals surface area contributed by atoms with Crippen molar-refractivity contribution >= 4 is 85.4 Å². The quantitative estimate of drug-likeness (QED) is 0.201. The van der Waals surface area contributed by atoms with Gasteiger partial charge in [-0.25, -0.2) is 15.0 Å². The monoisotopic (exact) mass is 605 g/mol. The first-order chi connectivity index (χ1) is 21.2. The summed E-state index contributed by atoms with van der Waals surface area (Å²) < 4.78 is 4.84. The van der Waals surface area contributed by atoms with E-state index in [0.717, 1.165) is 32.2 Å². The maximum atomic E-state index is 6.96. The molecular weight excluding hydrogens is 586 g/mol. The number of halogens is 1. The van der Waals surface area contributed by atoms with Crippen molar-refractivity contribution in [2.45, 2.75) is 0 Å². The Morgan fingerprint density at radius 2 is 1.00 bits per heavy atom. The highest BCUT2D eigenvalue weighted by Gasteiger charge is 2.17. The lowest BCUT2D eigenvalue weighted by molar-refractivity contribution is 1.08. The summed E-state index contributed by atoms with van der Waals surface area (Å²) >= 11 is 10.5. The van der Waals surface area contributed by atoms with E-state index in [1.54, 1.807) is 22.7 Å². The summed E-state index contributed by atoms with van der Waals surface area (Å²) in [7, 11) is 0. The van der Waals surface area contributed by atoms with E-state index < -0.39 is 0 Å². The molecule has 0 saturated carbocycles. The van der Waals surface area contributed by atoms with Gasteiger partial charge in [-0.3, -0.25) is 0 Å². The van der Waals surface area contributed by atoms with Gasteiger partial charge in [-0.1, -0.05) is 84.4 Å². The highest BCUT2D eigenvalue weighted by atomic mass is 35.5. The van der Waals surface area contributed by atoms with Crippen LogP contribution in [0.4, 0.5) is 0 Å². The van der Waals surface area contributed by atoms with Crippen LogP contribution in [0.15, 0.2) is 121 Å². The zero-order chi connectivity index (χ0) is 28.5. The first kappa shape index (κ1) is 24.9. The Balaban J connectivity index is 1.28. The van der Waals surface area contributed by atoms with Gasteiger partial charge in [0.1, 0.15) is 0 Å². The lowest BCUT2D eigenvalue weighted by Gasteiger charge is -2.10. The number of nitrogens with zero attached hydrogens (tertiary/aromatic N) is 3. The first-order valence-corrected chi connectivity index (χ1v) is 16.0. The summed E-state index contributed by atoms with van der Waals surface area (Å²) in [5, 5.41) is 7.72. The number of thiophene rings is 2. The number of aromatic nitrogens is 3. The third-order valence-corrected chi connectivity index (χ3v) is 10.5. The molecular formula is C37H20ClN3S2. The van der Waals surface area contributed by atoms with Crippen LogP contribution in [0.2, 0.25) is 5.02 Å². The second kappa shape index (κ2) is 9.68. The van der Waals surface area contributed by atoms with Crippen LogP contribution in [0.5, 0.6) is 0 Å². The zero-order valence-corrected chi connectivity index (χ0v) is 25.0. The Labute approximate surface area is 259 Å². The van der Waals surface area contributed by atoms with Gasteiger partial charge in [0.15, 0.2) is 17.5 Å². The van der Waals surface area contributed by atoms with Crippen molar-refractivity contribution in [1.82, 2.24) is 15.0 Å². The Morgan fingerprint density at radius 1 is 0.419 bits per heavy atom. The molecule has 6 heteroatoms. The van der Waals surface area contributed by atoms with Gasteiger partial charge in [0.05, 0.1) is 5.02 Å². The molecule has 0 spiro atoms.